The van der Waals surface area contributed by atoms with Gasteiger partial charge in [-0.1, -0.05) is 6.07 Å². The van der Waals surface area contributed by atoms with E-state index in [1.165, 1.54) is 9.75 Å². The zero-order valence-electron chi connectivity index (χ0n) is 14.2. The third kappa shape index (κ3) is 2.98. The zero-order chi connectivity index (χ0) is 16.7. The highest BCUT2D eigenvalue weighted by atomic mass is 32.1. The minimum absolute atomic E-state index is 0.278. The lowest BCUT2D eigenvalue weighted by Crippen LogP contribution is -2.36. The van der Waals surface area contributed by atoms with E-state index >= 15 is 0 Å². The summed E-state index contributed by atoms with van der Waals surface area (Å²) in [6.45, 7) is 6.85. The normalized spacial score (nSPS) is 23.9. The van der Waals surface area contributed by atoms with E-state index in [1.807, 2.05) is 36.5 Å². The summed E-state index contributed by atoms with van der Waals surface area (Å²) in [7, 11) is 0. The molecule has 2 saturated heterocycles. The fourth-order valence-corrected chi connectivity index (χ4v) is 4.96. The average Bonchev–Trinajstić information content (AvgIpc) is 3.20. The second-order valence-corrected chi connectivity index (χ2v) is 8.27. The molecule has 2 aliphatic rings. The molecule has 4 heterocycles. The highest BCUT2D eigenvalue weighted by molar-refractivity contribution is 7.11. The SMILES string of the molecule is Cc1cccc(CN2C(=O)C[C@H]3[C@H]2CCN3Cc2ccc(C)s2)n1. The molecule has 0 saturated carbocycles. The summed E-state index contributed by atoms with van der Waals surface area (Å²) >= 11 is 1.86. The van der Waals surface area contributed by atoms with Crippen molar-refractivity contribution in [3.05, 3.63) is 51.5 Å². The van der Waals surface area contributed by atoms with E-state index in [2.05, 4.69) is 33.8 Å². The summed E-state index contributed by atoms with van der Waals surface area (Å²) in [5, 5.41) is 0. The van der Waals surface area contributed by atoms with Crippen LogP contribution in [0.5, 0.6) is 0 Å². The second-order valence-electron chi connectivity index (χ2n) is 6.90. The minimum Gasteiger partial charge on any atom is -0.332 e. The summed E-state index contributed by atoms with van der Waals surface area (Å²) in [5.74, 6) is 0.278. The molecule has 0 unspecified atom stereocenters. The minimum atomic E-state index is 0.278. The number of hydrogen-bond donors (Lipinski definition) is 0. The van der Waals surface area contributed by atoms with Crippen molar-refractivity contribution in [3.8, 4) is 0 Å². The lowest BCUT2D eigenvalue weighted by atomic mass is 10.1. The van der Waals surface area contributed by atoms with Gasteiger partial charge in [0, 0.05) is 47.0 Å². The molecule has 2 aliphatic heterocycles. The Morgan fingerprint density at radius 1 is 1.17 bits per heavy atom. The Bertz CT molecular complexity index is 757. The second kappa shape index (κ2) is 6.30. The molecule has 24 heavy (non-hydrogen) atoms. The molecule has 2 aromatic rings. The van der Waals surface area contributed by atoms with Crippen molar-refractivity contribution in [2.75, 3.05) is 6.54 Å². The lowest BCUT2D eigenvalue weighted by molar-refractivity contribution is -0.129. The summed E-state index contributed by atoms with van der Waals surface area (Å²) < 4.78 is 0. The number of aromatic nitrogens is 1. The van der Waals surface area contributed by atoms with Gasteiger partial charge in [0.1, 0.15) is 0 Å². The van der Waals surface area contributed by atoms with Crippen LogP contribution in [0.4, 0.5) is 0 Å². The van der Waals surface area contributed by atoms with Gasteiger partial charge in [-0.15, -0.1) is 11.3 Å². The maximum Gasteiger partial charge on any atom is 0.224 e. The smallest absolute Gasteiger partial charge is 0.224 e. The van der Waals surface area contributed by atoms with Crippen molar-refractivity contribution in [2.45, 2.75) is 51.9 Å². The van der Waals surface area contributed by atoms with Crippen molar-refractivity contribution in [1.82, 2.24) is 14.8 Å². The van der Waals surface area contributed by atoms with E-state index in [0.717, 1.165) is 30.9 Å². The molecule has 1 amide bonds. The molecule has 0 bridgehead atoms. The number of likely N-dealkylation sites (tertiary alicyclic amines) is 2. The first-order chi connectivity index (χ1) is 11.6. The van der Waals surface area contributed by atoms with Gasteiger partial charge in [0.2, 0.25) is 5.91 Å². The molecule has 0 radical (unpaired) electrons. The number of aryl methyl sites for hydroxylation is 2. The Kier molecular flexibility index (Phi) is 4.14. The summed E-state index contributed by atoms with van der Waals surface area (Å²) in [6, 6.07) is 11.2. The molecule has 0 N–H and O–H groups in total. The molecular weight excluding hydrogens is 318 g/mol. The van der Waals surface area contributed by atoms with Gasteiger partial charge in [0.05, 0.1) is 12.2 Å². The van der Waals surface area contributed by atoms with E-state index in [9.17, 15) is 4.79 Å². The quantitative estimate of drug-likeness (QED) is 0.857. The van der Waals surface area contributed by atoms with Crippen LogP contribution >= 0.6 is 11.3 Å². The van der Waals surface area contributed by atoms with Gasteiger partial charge in [-0.05, 0) is 44.5 Å². The van der Waals surface area contributed by atoms with Crippen LogP contribution in [0.2, 0.25) is 0 Å². The van der Waals surface area contributed by atoms with Crippen LogP contribution in [0.25, 0.3) is 0 Å². The topological polar surface area (TPSA) is 36.4 Å². The molecule has 4 rings (SSSR count). The molecule has 2 atom stereocenters. The largest absolute Gasteiger partial charge is 0.332 e. The predicted molar refractivity (Wildman–Crippen MR) is 95.8 cm³/mol. The number of pyridine rings is 1. The molecule has 2 fully saturated rings. The average molecular weight is 341 g/mol. The van der Waals surface area contributed by atoms with Crippen LogP contribution in [-0.2, 0) is 17.9 Å². The van der Waals surface area contributed by atoms with Crippen molar-refractivity contribution < 1.29 is 4.79 Å². The lowest BCUT2D eigenvalue weighted by Gasteiger charge is -2.25. The standard InChI is InChI=1S/C19H23N3OS/c1-13-4-3-5-15(20-13)11-22-17-8-9-21(18(17)10-19(22)23)12-16-7-6-14(2)24-16/h3-7,17-18H,8-12H2,1-2H3/t17-,18+/m1/s1. The van der Waals surface area contributed by atoms with E-state index in [1.54, 1.807) is 0 Å². The first-order valence-corrected chi connectivity index (χ1v) is 9.43. The Morgan fingerprint density at radius 3 is 2.79 bits per heavy atom. The highest BCUT2D eigenvalue weighted by Gasteiger charge is 2.46. The van der Waals surface area contributed by atoms with Gasteiger partial charge >= 0.3 is 0 Å². The van der Waals surface area contributed by atoms with Crippen LogP contribution in [-0.4, -0.2) is 39.3 Å². The zero-order valence-corrected chi connectivity index (χ0v) is 15.1. The molecular formula is C19H23N3OS. The van der Waals surface area contributed by atoms with Gasteiger partial charge in [-0.3, -0.25) is 14.7 Å². The third-order valence-corrected chi connectivity index (χ3v) is 6.15. The number of fused-ring (bicyclic) bond motifs is 1. The van der Waals surface area contributed by atoms with E-state index in [0.29, 0.717) is 25.0 Å². The van der Waals surface area contributed by atoms with Crippen LogP contribution in [0.15, 0.2) is 30.3 Å². The van der Waals surface area contributed by atoms with Crippen LogP contribution < -0.4 is 0 Å². The van der Waals surface area contributed by atoms with Crippen molar-refractivity contribution in [1.29, 1.82) is 0 Å². The number of nitrogens with zero attached hydrogens (tertiary/aromatic N) is 3. The summed E-state index contributed by atoms with van der Waals surface area (Å²) in [6.07, 6.45) is 1.73. The number of carbonyl (C=O) groups excluding carboxylic acids is 1. The Labute approximate surface area is 147 Å². The van der Waals surface area contributed by atoms with Crippen molar-refractivity contribution in [3.63, 3.8) is 0 Å². The monoisotopic (exact) mass is 341 g/mol. The number of carbonyl (C=O) groups is 1. The van der Waals surface area contributed by atoms with Crippen LogP contribution in [0.1, 0.15) is 34.0 Å². The molecule has 126 valence electrons. The maximum atomic E-state index is 12.6. The molecule has 4 nitrogen and oxygen atoms in total. The van der Waals surface area contributed by atoms with Gasteiger partial charge < -0.3 is 4.90 Å². The Hall–Kier alpha value is -1.72. The van der Waals surface area contributed by atoms with Gasteiger partial charge in [-0.25, -0.2) is 0 Å². The first kappa shape index (κ1) is 15.8. The first-order valence-electron chi connectivity index (χ1n) is 8.61. The molecule has 0 spiro atoms. The molecule has 0 aromatic carbocycles. The van der Waals surface area contributed by atoms with Gasteiger partial charge in [0.15, 0.2) is 0 Å². The van der Waals surface area contributed by atoms with E-state index in [4.69, 9.17) is 0 Å². The fourth-order valence-electron chi connectivity index (χ4n) is 4.04. The van der Waals surface area contributed by atoms with Crippen LogP contribution in [0.3, 0.4) is 0 Å². The van der Waals surface area contributed by atoms with E-state index < -0.39 is 0 Å². The molecule has 0 aliphatic carbocycles. The van der Waals surface area contributed by atoms with Gasteiger partial charge in [-0.2, -0.15) is 0 Å². The maximum absolute atomic E-state index is 12.6. The number of rotatable bonds is 4. The number of thiophene rings is 1. The molecule has 5 heteroatoms. The Balaban J connectivity index is 1.47. The van der Waals surface area contributed by atoms with Crippen LogP contribution in [0, 0.1) is 13.8 Å². The number of hydrogen-bond acceptors (Lipinski definition) is 4. The van der Waals surface area contributed by atoms with Gasteiger partial charge in [0.25, 0.3) is 0 Å². The van der Waals surface area contributed by atoms with E-state index in [-0.39, 0.29) is 5.91 Å². The fraction of sp³-hybridized carbons (Fsp3) is 0.474. The predicted octanol–water partition coefficient (Wildman–Crippen LogP) is 3.14. The number of amides is 1. The Morgan fingerprint density at radius 2 is 2.04 bits per heavy atom. The molecule has 2 aromatic heterocycles. The summed E-state index contributed by atoms with van der Waals surface area (Å²) in [5.41, 5.74) is 2.01. The van der Waals surface area contributed by atoms with Crippen molar-refractivity contribution >= 4 is 17.2 Å². The summed E-state index contributed by atoms with van der Waals surface area (Å²) in [4.78, 5) is 24.4. The highest BCUT2D eigenvalue weighted by Crippen LogP contribution is 2.35. The third-order valence-electron chi connectivity index (χ3n) is 5.16. The van der Waals surface area contributed by atoms with Crippen molar-refractivity contribution in [2.24, 2.45) is 0 Å².